The van der Waals surface area contributed by atoms with Crippen LogP contribution in [0.15, 0.2) is 29.2 Å². The van der Waals surface area contributed by atoms with Gasteiger partial charge in [-0.2, -0.15) is 0 Å². The van der Waals surface area contributed by atoms with Crippen molar-refractivity contribution >= 4 is 15.7 Å². The fraction of sp³-hybridized carbons (Fsp3) is 0.500. The smallest absolute Gasteiger partial charge is 0.220 e. The van der Waals surface area contributed by atoms with Crippen LogP contribution < -0.4 is 5.32 Å². The van der Waals surface area contributed by atoms with Crippen molar-refractivity contribution < 1.29 is 27.8 Å². The van der Waals surface area contributed by atoms with E-state index >= 15 is 0 Å². The Morgan fingerprint density at radius 3 is 2.36 bits per heavy atom. The van der Waals surface area contributed by atoms with Crippen molar-refractivity contribution in [1.82, 2.24) is 5.32 Å². The van der Waals surface area contributed by atoms with Gasteiger partial charge in [0.15, 0.2) is 9.84 Å². The maximum Gasteiger partial charge on any atom is 0.220 e. The Hall–Kier alpha value is -1.51. The second-order valence-corrected chi connectivity index (χ2v) is 6.96. The number of rotatable bonds is 8. The minimum Gasteiger partial charge on any atom is -0.396 e. The molecule has 0 aliphatic rings. The SMILES string of the molecule is CS(=O)(=O)c1ccc([C@H](O)[C@H](CF)NC(=O)CCCO)cc1. The highest BCUT2D eigenvalue weighted by atomic mass is 32.2. The van der Waals surface area contributed by atoms with Crippen LogP contribution in [0, 0.1) is 0 Å². The van der Waals surface area contributed by atoms with Crippen LogP contribution >= 0.6 is 0 Å². The quantitative estimate of drug-likeness (QED) is 0.637. The third-order valence-electron chi connectivity index (χ3n) is 3.11. The lowest BCUT2D eigenvalue weighted by Gasteiger charge is -2.22. The van der Waals surface area contributed by atoms with E-state index in [4.69, 9.17) is 5.11 Å². The van der Waals surface area contributed by atoms with E-state index in [1.54, 1.807) is 0 Å². The Labute approximate surface area is 128 Å². The molecule has 1 aromatic carbocycles. The average Bonchev–Trinajstić information content (AvgIpc) is 2.49. The first-order valence-electron chi connectivity index (χ1n) is 6.74. The van der Waals surface area contributed by atoms with Crippen LogP contribution in [0.1, 0.15) is 24.5 Å². The third-order valence-corrected chi connectivity index (χ3v) is 4.23. The van der Waals surface area contributed by atoms with Gasteiger partial charge in [-0.1, -0.05) is 12.1 Å². The lowest BCUT2D eigenvalue weighted by Crippen LogP contribution is -2.40. The number of aliphatic hydroxyl groups is 2. The number of amides is 1. The predicted octanol–water partition coefficient (Wildman–Crippen LogP) is 0.350. The minimum absolute atomic E-state index is 0.0345. The van der Waals surface area contributed by atoms with Gasteiger partial charge < -0.3 is 15.5 Å². The molecule has 0 fully saturated rings. The number of halogens is 1. The molecule has 0 unspecified atom stereocenters. The zero-order valence-electron chi connectivity index (χ0n) is 12.2. The van der Waals surface area contributed by atoms with E-state index in [2.05, 4.69) is 5.32 Å². The summed E-state index contributed by atoms with van der Waals surface area (Å²) in [6.07, 6.45) is 0.0534. The molecule has 0 aromatic heterocycles. The van der Waals surface area contributed by atoms with Crippen LogP contribution in [0.2, 0.25) is 0 Å². The Balaban J connectivity index is 2.79. The summed E-state index contributed by atoms with van der Waals surface area (Å²) in [7, 11) is -3.35. The zero-order valence-corrected chi connectivity index (χ0v) is 13.0. The van der Waals surface area contributed by atoms with Gasteiger partial charge >= 0.3 is 0 Å². The van der Waals surface area contributed by atoms with Crippen molar-refractivity contribution in [3.8, 4) is 0 Å². The molecule has 0 spiro atoms. The Bertz CT molecular complexity index is 588. The monoisotopic (exact) mass is 333 g/mol. The van der Waals surface area contributed by atoms with Crippen molar-refractivity contribution in [3.63, 3.8) is 0 Å². The number of aliphatic hydroxyl groups excluding tert-OH is 2. The van der Waals surface area contributed by atoms with Crippen molar-refractivity contribution in [2.45, 2.75) is 29.9 Å². The zero-order chi connectivity index (χ0) is 16.8. The van der Waals surface area contributed by atoms with Crippen molar-refractivity contribution in [2.24, 2.45) is 0 Å². The second kappa shape index (κ2) is 8.21. The molecule has 3 N–H and O–H groups in total. The molecule has 2 atom stereocenters. The lowest BCUT2D eigenvalue weighted by molar-refractivity contribution is -0.123. The van der Waals surface area contributed by atoms with Crippen LogP contribution in [-0.4, -0.2) is 50.1 Å². The maximum absolute atomic E-state index is 13.0. The van der Waals surface area contributed by atoms with E-state index in [0.29, 0.717) is 5.56 Å². The van der Waals surface area contributed by atoms with Gasteiger partial charge in [0.25, 0.3) is 0 Å². The molecule has 0 saturated heterocycles. The summed E-state index contributed by atoms with van der Waals surface area (Å²) in [6.45, 7) is -1.12. The van der Waals surface area contributed by atoms with E-state index in [1.165, 1.54) is 24.3 Å². The van der Waals surface area contributed by atoms with Crippen LogP contribution in [0.4, 0.5) is 4.39 Å². The van der Waals surface area contributed by atoms with E-state index in [1.807, 2.05) is 0 Å². The topological polar surface area (TPSA) is 104 Å². The first-order valence-corrected chi connectivity index (χ1v) is 8.63. The summed E-state index contributed by atoms with van der Waals surface area (Å²) in [6, 6.07) is 4.26. The molecule has 6 nitrogen and oxygen atoms in total. The largest absolute Gasteiger partial charge is 0.396 e. The number of alkyl halides is 1. The molecule has 0 aliphatic carbocycles. The fourth-order valence-electron chi connectivity index (χ4n) is 1.86. The normalized spacial score (nSPS) is 14.4. The molecule has 0 saturated carbocycles. The first-order chi connectivity index (χ1) is 10.3. The molecule has 0 heterocycles. The van der Waals surface area contributed by atoms with Gasteiger partial charge in [-0.05, 0) is 24.1 Å². The summed E-state index contributed by atoms with van der Waals surface area (Å²) in [5.41, 5.74) is 0.303. The van der Waals surface area contributed by atoms with Crippen LogP contribution in [0.25, 0.3) is 0 Å². The molecule has 1 rings (SSSR count). The molecule has 0 radical (unpaired) electrons. The minimum atomic E-state index is -3.35. The number of carbonyl (C=O) groups is 1. The Morgan fingerprint density at radius 2 is 1.91 bits per heavy atom. The van der Waals surface area contributed by atoms with Crippen molar-refractivity contribution in [3.05, 3.63) is 29.8 Å². The number of benzene rings is 1. The van der Waals surface area contributed by atoms with Gasteiger partial charge in [0.2, 0.25) is 5.91 Å². The van der Waals surface area contributed by atoms with Gasteiger partial charge in [-0.25, -0.2) is 12.8 Å². The molecule has 8 heteroatoms. The van der Waals surface area contributed by atoms with E-state index in [9.17, 15) is 22.7 Å². The molecule has 0 aliphatic heterocycles. The summed E-state index contributed by atoms with van der Waals surface area (Å²) < 4.78 is 35.7. The number of sulfone groups is 1. The van der Waals surface area contributed by atoms with Gasteiger partial charge in [-0.15, -0.1) is 0 Å². The molecular weight excluding hydrogens is 313 g/mol. The van der Waals surface area contributed by atoms with E-state index in [0.717, 1.165) is 6.26 Å². The average molecular weight is 333 g/mol. The number of carbonyl (C=O) groups excluding carboxylic acids is 1. The highest BCUT2D eigenvalue weighted by molar-refractivity contribution is 7.90. The summed E-state index contributed by atoms with van der Waals surface area (Å²) in [4.78, 5) is 11.6. The number of hydrogen-bond acceptors (Lipinski definition) is 5. The fourth-order valence-corrected chi connectivity index (χ4v) is 2.50. The molecule has 0 bridgehead atoms. The number of nitrogens with one attached hydrogen (secondary N) is 1. The Morgan fingerprint density at radius 1 is 1.32 bits per heavy atom. The van der Waals surface area contributed by atoms with Gasteiger partial charge in [0.1, 0.15) is 12.8 Å². The third kappa shape index (κ3) is 5.36. The van der Waals surface area contributed by atoms with Gasteiger partial charge in [-0.3, -0.25) is 4.79 Å². The molecule has 1 amide bonds. The first kappa shape index (κ1) is 18.5. The van der Waals surface area contributed by atoms with Gasteiger partial charge in [0.05, 0.1) is 10.9 Å². The second-order valence-electron chi connectivity index (χ2n) is 4.94. The van der Waals surface area contributed by atoms with E-state index in [-0.39, 0.29) is 24.3 Å². The maximum atomic E-state index is 13.0. The van der Waals surface area contributed by atoms with Crippen LogP contribution in [-0.2, 0) is 14.6 Å². The summed E-state index contributed by atoms with van der Waals surface area (Å²) in [5.74, 6) is -0.469. The highest BCUT2D eigenvalue weighted by Crippen LogP contribution is 2.20. The van der Waals surface area contributed by atoms with Crippen molar-refractivity contribution in [1.29, 1.82) is 0 Å². The van der Waals surface area contributed by atoms with Crippen LogP contribution in [0.5, 0.6) is 0 Å². The summed E-state index contributed by atoms with van der Waals surface area (Å²) >= 11 is 0. The van der Waals surface area contributed by atoms with E-state index < -0.39 is 34.6 Å². The standard InChI is InChI=1S/C14H20FNO5S/c1-22(20,21)11-6-4-10(5-7-11)14(19)12(9-15)16-13(18)3-2-8-17/h4-7,12,14,17,19H,2-3,8-9H2,1H3,(H,16,18)/t12-,14-/m0/s1. The van der Waals surface area contributed by atoms with Crippen LogP contribution in [0.3, 0.4) is 0 Å². The number of hydrogen-bond donors (Lipinski definition) is 3. The summed E-state index contributed by atoms with van der Waals surface area (Å²) in [5, 5.41) is 21.1. The van der Waals surface area contributed by atoms with Crippen molar-refractivity contribution in [2.75, 3.05) is 19.5 Å². The molecule has 1 aromatic rings. The predicted molar refractivity (Wildman–Crippen MR) is 78.7 cm³/mol. The molecule has 22 heavy (non-hydrogen) atoms. The lowest BCUT2D eigenvalue weighted by atomic mass is 10.0. The molecule has 124 valence electrons. The Kier molecular flexibility index (Phi) is 6.92. The van der Waals surface area contributed by atoms with Gasteiger partial charge in [0, 0.05) is 19.3 Å². The highest BCUT2D eigenvalue weighted by Gasteiger charge is 2.23. The molecular formula is C14H20FNO5S.